The summed E-state index contributed by atoms with van der Waals surface area (Å²) >= 11 is 1.59. The second-order valence-corrected chi connectivity index (χ2v) is 4.94. The molecule has 3 rings (SSSR count). The largest absolute Gasteiger partial charge is 0.275 e. The third kappa shape index (κ3) is 2.17. The first-order valence-corrected chi connectivity index (χ1v) is 6.27. The van der Waals surface area contributed by atoms with Crippen molar-refractivity contribution >= 4 is 17.8 Å². The molecule has 5 heteroatoms. The van der Waals surface area contributed by atoms with Crippen molar-refractivity contribution in [2.24, 2.45) is 4.99 Å². The molecule has 0 amide bonds. The molecule has 88 valence electrons. The fourth-order valence-electron chi connectivity index (χ4n) is 1.68. The van der Waals surface area contributed by atoms with Gasteiger partial charge in [-0.05, 0) is 18.2 Å². The lowest BCUT2D eigenvalue weighted by Crippen LogP contribution is -2.28. The zero-order valence-corrected chi connectivity index (χ0v) is 10.4. The van der Waals surface area contributed by atoms with Crippen LogP contribution in [0.25, 0.3) is 6.08 Å². The minimum Gasteiger partial charge on any atom is -0.275 e. The standard InChI is InChI=1S/C13H10N4S/c1-9-5-10-11(6-14-8-17-10)16-7-12-13(18-9)3-2-4-15-12/h2-6,8H,1,7H2/b10-5+,16-11?. The zero-order chi connectivity index (χ0) is 12.4. The molecule has 0 saturated carbocycles. The lowest BCUT2D eigenvalue weighted by Gasteiger charge is -2.04. The molecule has 4 nitrogen and oxygen atoms in total. The van der Waals surface area contributed by atoms with Crippen LogP contribution in [0.3, 0.4) is 0 Å². The number of rotatable bonds is 0. The van der Waals surface area contributed by atoms with Crippen LogP contribution in [0.4, 0.5) is 0 Å². The Balaban J connectivity index is 2.22. The summed E-state index contributed by atoms with van der Waals surface area (Å²) in [6.07, 6.45) is 6.94. The topological polar surface area (TPSA) is 51.0 Å². The normalized spacial score (nSPS) is 16.0. The highest BCUT2D eigenvalue weighted by atomic mass is 32.2. The Kier molecular flexibility index (Phi) is 2.90. The first-order chi connectivity index (χ1) is 8.83. The van der Waals surface area contributed by atoms with Gasteiger partial charge in [0, 0.05) is 16.0 Å². The van der Waals surface area contributed by atoms with Gasteiger partial charge in [-0.2, -0.15) is 0 Å². The van der Waals surface area contributed by atoms with Crippen LogP contribution in [0.15, 0.2) is 52.2 Å². The average Bonchev–Trinajstić information content (AvgIpc) is 2.45. The molecule has 2 aromatic rings. The highest BCUT2D eigenvalue weighted by Gasteiger charge is 2.06. The smallest absolute Gasteiger partial charge is 0.116 e. The Hall–Kier alpha value is -2.01. The number of hydrogen-bond donors (Lipinski definition) is 0. The van der Waals surface area contributed by atoms with Crippen molar-refractivity contribution < 1.29 is 0 Å². The summed E-state index contributed by atoms with van der Waals surface area (Å²) in [5.74, 6) is 0. The van der Waals surface area contributed by atoms with E-state index in [1.807, 2.05) is 18.2 Å². The molecule has 18 heavy (non-hydrogen) atoms. The lowest BCUT2D eigenvalue weighted by molar-refractivity contribution is 0.897. The maximum Gasteiger partial charge on any atom is 0.116 e. The van der Waals surface area contributed by atoms with Crippen LogP contribution in [0.2, 0.25) is 0 Å². The van der Waals surface area contributed by atoms with Crippen molar-refractivity contribution in [2.75, 3.05) is 0 Å². The van der Waals surface area contributed by atoms with E-state index in [0.29, 0.717) is 6.54 Å². The van der Waals surface area contributed by atoms with E-state index in [4.69, 9.17) is 0 Å². The van der Waals surface area contributed by atoms with Crippen molar-refractivity contribution in [1.82, 2.24) is 15.0 Å². The van der Waals surface area contributed by atoms with Gasteiger partial charge in [-0.1, -0.05) is 18.3 Å². The molecule has 0 radical (unpaired) electrons. The van der Waals surface area contributed by atoms with E-state index >= 15 is 0 Å². The van der Waals surface area contributed by atoms with Crippen LogP contribution >= 0.6 is 11.8 Å². The van der Waals surface area contributed by atoms with Gasteiger partial charge in [-0.25, -0.2) is 9.97 Å². The predicted octanol–water partition coefficient (Wildman–Crippen LogP) is 1.09. The molecule has 1 aliphatic heterocycles. The maximum absolute atomic E-state index is 4.51. The van der Waals surface area contributed by atoms with Gasteiger partial charge in [-0.15, -0.1) is 0 Å². The van der Waals surface area contributed by atoms with Crippen LogP contribution in [0.5, 0.6) is 0 Å². The lowest BCUT2D eigenvalue weighted by atomic mass is 10.3. The van der Waals surface area contributed by atoms with E-state index in [-0.39, 0.29) is 0 Å². The molecule has 3 heterocycles. The van der Waals surface area contributed by atoms with Crippen LogP contribution in [-0.2, 0) is 6.54 Å². The van der Waals surface area contributed by atoms with Gasteiger partial charge < -0.3 is 0 Å². The number of thioether (sulfide) groups is 1. The molecule has 0 saturated heterocycles. The molecule has 0 unspecified atom stereocenters. The Morgan fingerprint density at radius 2 is 2.22 bits per heavy atom. The van der Waals surface area contributed by atoms with Gasteiger partial charge >= 0.3 is 0 Å². The number of aromatic nitrogens is 3. The number of pyridine rings is 1. The first-order valence-electron chi connectivity index (χ1n) is 5.46. The fourth-order valence-corrected chi connectivity index (χ4v) is 2.52. The average molecular weight is 254 g/mol. The number of fused-ring (bicyclic) bond motifs is 2. The highest BCUT2D eigenvalue weighted by molar-refractivity contribution is 8.03. The molecule has 0 N–H and O–H groups in total. The second-order valence-electron chi connectivity index (χ2n) is 3.77. The molecule has 0 spiro atoms. The summed E-state index contributed by atoms with van der Waals surface area (Å²) in [6.45, 7) is 4.57. The second kappa shape index (κ2) is 4.70. The van der Waals surface area contributed by atoms with E-state index in [2.05, 4.69) is 26.5 Å². The number of hydrogen-bond acceptors (Lipinski definition) is 5. The quantitative estimate of drug-likeness (QED) is 0.706. The molecule has 0 bridgehead atoms. The molecule has 0 atom stereocenters. The molecule has 0 aliphatic carbocycles. The van der Waals surface area contributed by atoms with Gasteiger partial charge in [0.2, 0.25) is 0 Å². The van der Waals surface area contributed by atoms with Crippen LogP contribution in [-0.4, -0.2) is 15.0 Å². The number of allylic oxidation sites excluding steroid dienone is 1. The first kappa shape index (κ1) is 11.1. The molecule has 2 aromatic heterocycles. The van der Waals surface area contributed by atoms with E-state index in [1.165, 1.54) is 6.33 Å². The van der Waals surface area contributed by atoms with E-state index in [0.717, 1.165) is 26.2 Å². The Morgan fingerprint density at radius 3 is 3.17 bits per heavy atom. The van der Waals surface area contributed by atoms with Crippen LogP contribution in [0.1, 0.15) is 5.69 Å². The molecule has 0 aromatic carbocycles. The van der Waals surface area contributed by atoms with Crippen molar-refractivity contribution in [3.05, 3.63) is 58.7 Å². The summed E-state index contributed by atoms with van der Waals surface area (Å²) in [5, 5.41) is 1.58. The summed E-state index contributed by atoms with van der Waals surface area (Å²) in [6, 6.07) is 3.95. The van der Waals surface area contributed by atoms with Crippen molar-refractivity contribution in [1.29, 1.82) is 0 Å². The van der Waals surface area contributed by atoms with E-state index in [9.17, 15) is 0 Å². The molecule has 0 fully saturated rings. The maximum atomic E-state index is 4.51. The molecular weight excluding hydrogens is 244 g/mol. The summed E-state index contributed by atoms with van der Waals surface area (Å²) in [7, 11) is 0. The summed E-state index contributed by atoms with van der Waals surface area (Å²) < 4.78 is 0. The third-order valence-corrected chi connectivity index (χ3v) is 3.48. The Bertz CT molecular complexity index is 724. The van der Waals surface area contributed by atoms with Crippen molar-refractivity contribution in [3.63, 3.8) is 0 Å². The van der Waals surface area contributed by atoms with Crippen molar-refractivity contribution in [3.8, 4) is 0 Å². The monoisotopic (exact) mass is 254 g/mol. The van der Waals surface area contributed by atoms with Gasteiger partial charge in [0.15, 0.2) is 0 Å². The minimum atomic E-state index is 0.532. The summed E-state index contributed by atoms with van der Waals surface area (Å²) in [5.41, 5.74) is 0.953. The number of nitrogens with zero attached hydrogens (tertiary/aromatic N) is 4. The van der Waals surface area contributed by atoms with Crippen LogP contribution in [0, 0.1) is 0 Å². The summed E-state index contributed by atoms with van der Waals surface area (Å²) in [4.78, 5) is 19.1. The van der Waals surface area contributed by atoms with Gasteiger partial charge in [0.05, 0.1) is 23.8 Å². The van der Waals surface area contributed by atoms with Gasteiger partial charge in [-0.3, -0.25) is 9.98 Å². The minimum absolute atomic E-state index is 0.532. The van der Waals surface area contributed by atoms with Crippen molar-refractivity contribution in [2.45, 2.75) is 11.4 Å². The van der Waals surface area contributed by atoms with E-state index in [1.54, 1.807) is 24.2 Å². The molecule has 1 aliphatic rings. The highest BCUT2D eigenvalue weighted by Crippen LogP contribution is 2.28. The SMILES string of the molecule is C=C1/C=c2/ncncc2=NCc2ncccc2S1. The predicted molar refractivity (Wildman–Crippen MR) is 70.2 cm³/mol. The van der Waals surface area contributed by atoms with Gasteiger partial charge in [0.25, 0.3) is 0 Å². The third-order valence-electron chi connectivity index (χ3n) is 2.51. The fraction of sp³-hybridized carbons (Fsp3) is 0.0769. The molecular formula is C13H10N4S. The van der Waals surface area contributed by atoms with E-state index < -0.39 is 0 Å². The Labute approximate surface area is 108 Å². The van der Waals surface area contributed by atoms with Crippen LogP contribution < -0.4 is 10.7 Å². The Morgan fingerprint density at radius 1 is 1.28 bits per heavy atom. The van der Waals surface area contributed by atoms with Gasteiger partial charge in [0.1, 0.15) is 11.7 Å². The zero-order valence-electron chi connectivity index (χ0n) is 9.58.